The van der Waals surface area contributed by atoms with Crippen molar-refractivity contribution in [2.45, 2.75) is 19.4 Å². The van der Waals surface area contributed by atoms with Crippen molar-refractivity contribution < 1.29 is 4.79 Å². The van der Waals surface area contributed by atoms with E-state index in [0.29, 0.717) is 5.56 Å². The van der Waals surface area contributed by atoms with E-state index in [1.807, 2.05) is 30.3 Å². The standard InChI is InChI=1S/C14H15BrN2O/c1-2-12(9-15)17-14(18)11-5-6-13-10(8-11)4-3-7-16-13/h3-8,12H,2,9H2,1H3,(H,17,18). The molecule has 0 fully saturated rings. The Hall–Kier alpha value is -1.42. The Morgan fingerprint density at radius 2 is 2.28 bits per heavy atom. The molecule has 1 N–H and O–H groups in total. The average molecular weight is 307 g/mol. The Morgan fingerprint density at radius 1 is 1.44 bits per heavy atom. The molecule has 0 radical (unpaired) electrons. The van der Waals surface area contributed by atoms with E-state index in [2.05, 4.69) is 33.2 Å². The van der Waals surface area contributed by atoms with Crippen LogP contribution in [0.15, 0.2) is 36.5 Å². The van der Waals surface area contributed by atoms with Crippen molar-refractivity contribution in [2.24, 2.45) is 0 Å². The summed E-state index contributed by atoms with van der Waals surface area (Å²) in [6, 6.07) is 9.56. The third-order valence-electron chi connectivity index (χ3n) is 2.88. The molecular weight excluding hydrogens is 292 g/mol. The molecule has 1 aromatic heterocycles. The highest BCUT2D eigenvalue weighted by atomic mass is 79.9. The van der Waals surface area contributed by atoms with Crippen LogP contribution in [0.4, 0.5) is 0 Å². The first kappa shape index (κ1) is 13.0. The van der Waals surface area contributed by atoms with Crippen LogP contribution in [0.5, 0.6) is 0 Å². The second-order valence-corrected chi connectivity index (χ2v) is 4.79. The molecule has 0 aliphatic carbocycles. The van der Waals surface area contributed by atoms with Crippen LogP contribution in [0.25, 0.3) is 10.9 Å². The first-order valence-electron chi connectivity index (χ1n) is 5.96. The molecule has 1 heterocycles. The molecule has 1 atom stereocenters. The molecule has 0 spiro atoms. The van der Waals surface area contributed by atoms with Crippen LogP contribution in [-0.4, -0.2) is 22.3 Å². The molecule has 3 nitrogen and oxygen atoms in total. The summed E-state index contributed by atoms with van der Waals surface area (Å²) >= 11 is 3.39. The zero-order chi connectivity index (χ0) is 13.0. The van der Waals surface area contributed by atoms with Gasteiger partial charge in [-0.2, -0.15) is 0 Å². The largest absolute Gasteiger partial charge is 0.348 e. The minimum absolute atomic E-state index is 0.0351. The molecule has 4 heteroatoms. The lowest BCUT2D eigenvalue weighted by molar-refractivity contribution is 0.0940. The third-order valence-corrected chi connectivity index (χ3v) is 3.66. The number of hydrogen-bond acceptors (Lipinski definition) is 2. The van der Waals surface area contributed by atoms with E-state index in [4.69, 9.17) is 0 Å². The summed E-state index contributed by atoms with van der Waals surface area (Å²) in [5.74, 6) is -0.0351. The van der Waals surface area contributed by atoms with Crippen LogP contribution in [0.3, 0.4) is 0 Å². The van der Waals surface area contributed by atoms with Crippen LogP contribution in [0, 0.1) is 0 Å². The van der Waals surface area contributed by atoms with E-state index < -0.39 is 0 Å². The van der Waals surface area contributed by atoms with Gasteiger partial charge in [-0.15, -0.1) is 0 Å². The van der Waals surface area contributed by atoms with Gasteiger partial charge in [-0.3, -0.25) is 9.78 Å². The number of carbonyl (C=O) groups is 1. The number of hydrogen-bond donors (Lipinski definition) is 1. The van der Waals surface area contributed by atoms with Gasteiger partial charge >= 0.3 is 0 Å². The topological polar surface area (TPSA) is 42.0 Å². The van der Waals surface area contributed by atoms with Gasteiger partial charge in [0, 0.05) is 28.5 Å². The predicted molar refractivity (Wildman–Crippen MR) is 77.1 cm³/mol. The fraction of sp³-hybridized carbons (Fsp3) is 0.286. The maximum Gasteiger partial charge on any atom is 0.251 e. The van der Waals surface area contributed by atoms with Gasteiger partial charge in [0.1, 0.15) is 0 Å². The van der Waals surface area contributed by atoms with Gasteiger partial charge < -0.3 is 5.32 Å². The molecule has 2 aromatic rings. The van der Waals surface area contributed by atoms with Crippen molar-refractivity contribution in [2.75, 3.05) is 5.33 Å². The molecule has 0 aliphatic rings. The number of amides is 1. The van der Waals surface area contributed by atoms with Crippen molar-refractivity contribution in [1.29, 1.82) is 0 Å². The second-order valence-electron chi connectivity index (χ2n) is 4.14. The zero-order valence-electron chi connectivity index (χ0n) is 10.2. The Bertz CT molecular complexity index is 552. The molecule has 1 unspecified atom stereocenters. The van der Waals surface area contributed by atoms with Gasteiger partial charge in [-0.1, -0.05) is 28.9 Å². The highest BCUT2D eigenvalue weighted by Gasteiger charge is 2.11. The number of nitrogens with zero attached hydrogens (tertiary/aromatic N) is 1. The molecular formula is C14H15BrN2O. The van der Waals surface area contributed by atoms with Crippen LogP contribution in [0.2, 0.25) is 0 Å². The molecule has 0 saturated heterocycles. The molecule has 1 aromatic carbocycles. The maximum atomic E-state index is 12.1. The van der Waals surface area contributed by atoms with Crippen LogP contribution in [0.1, 0.15) is 23.7 Å². The van der Waals surface area contributed by atoms with E-state index in [-0.39, 0.29) is 11.9 Å². The smallest absolute Gasteiger partial charge is 0.251 e. The highest BCUT2D eigenvalue weighted by Crippen LogP contribution is 2.13. The Morgan fingerprint density at radius 3 is 3.00 bits per heavy atom. The monoisotopic (exact) mass is 306 g/mol. The van der Waals surface area contributed by atoms with Crippen LogP contribution < -0.4 is 5.32 Å². The number of aromatic nitrogens is 1. The number of nitrogens with one attached hydrogen (secondary N) is 1. The second kappa shape index (κ2) is 5.96. The lowest BCUT2D eigenvalue weighted by Gasteiger charge is -2.14. The number of carbonyl (C=O) groups excluding carboxylic acids is 1. The summed E-state index contributed by atoms with van der Waals surface area (Å²) in [7, 11) is 0. The summed E-state index contributed by atoms with van der Waals surface area (Å²) in [5, 5.41) is 4.74. The van der Waals surface area contributed by atoms with Crippen molar-refractivity contribution in [1.82, 2.24) is 10.3 Å². The van der Waals surface area contributed by atoms with Crippen molar-refractivity contribution in [3.05, 3.63) is 42.1 Å². The normalized spacial score (nSPS) is 12.3. The van der Waals surface area contributed by atoms with Gasteiger partial charge in [0.05, 0.1) is 5.52 Å². The highest BCUT2D eigenvalue weighted by molar-refractivity contribution is 9.09. The van der Waals surface area contributed by atoms with Gasteiger partial charge in [-0.25, -0.2) is 0 Å². The quantitative estimate of drug-likeness (QED) is 0.882. The van der Waals surface area contributed by atoms with Gasteiger partial charge in [0.2, 0.25) is 0 Å². The fourth-order valence-electron chi connectivity index (χ4n) is 1.74. The molecule has 18 heavy (non-hydrogen) atoms. The van der Waals surface area contributed by atoms with E-state index in [0.717, 1.165) is 22.7 Å². The molecule has 0 aliphatic heterocycles. The first-order valence-corrected chi connectivity index (χ1v) is 7.08. The van der Waals surface area contributed by atoms with Gasteiger partial charge in [-0.05, 0) is 30.7 Å². The molecule has 0 saturated carbocycles. The minimum atomic E-state index is -0.0351. The Kier molecular flexibility index (Phi) is 4.31. The number of alkyl halides is 1. The summed E-state index contributed by atoms with van der Waals surface area (Å²) in [5.41, 5.74) is 1.58. The first-order chi connectivity index (χ1) is 8.74. The minimum Gasteiger partial charge on any atom is -0.348 e. The van der Waals surface area contributed by atoms with E-state index >= 15 is 0 Å². The summed E-state index contributed by atoms with van der Waals surface area (Å²) in [4.78, 5) is 16.3. The lowest BCUT2D eigenvalue weighted by Crippen LogP contribution is -2.35. The molecule has 94 valence electrons. The Balaban J connectivity index is 2.22. The fourth-order valence-corrected chi connectivity index (χ4v) is 2.36. The summed E-state index contributed by atoms with van der Waals surface area (Å²) < 4.78 is 0. The van der Waals surface area contributed by atoms with Crippen molar-refractivity contribution in [3.8, 4) is 0 Å². The lowest BCUT2D eigenvalue weighted by atomic mass is 10.1. The summed E-state index contributed by atoms with van der Waals surface area (Å²) in [6.45, 7) is 2.05. The van der Waals surface area contributed by atoms with Crippen molar-refractivity contribution in [3.63, 3.8) is 0 Å². The number of pyridine rings is 1. The molecule has 0 bridgehead atoms. The number of fused-ring (bicyclic) bond motifs is 1. The average Bonchev–Trinajstić information content (AvgIpc) is 2.44. The molecule has 2 rings (SSSR count). The summed E-state index contributed by atoms with van der Waals surface area (Å²) in [6.07, 6.45) is 2.66. The molecule has 1 amide bonds. The SMILES string of the molecule is CCC(CBr)NC(=O)c1ccc2ncccc2c1. The van der Waals surface area contributed by atoms with Gasteiger partial charge in [0.25, 0.3) is 5.91 Å². The Labute approximate surface area is 115 Å². The van der Waals surface area contributed by atoms with Crippen molar-refractivity contribution >= 4 is 32.7 Å². The number of halogens is 1. The predicted octanol–water partition coefficient (Wildman–Crippen LogP) is 3.14. The third kappa shape index (κ3) is 2.88. The van der Waals surface area contributed by atoms with Crippen LogP contribution >= 0.6 is 15.9 Å². The van der Waals surface area contributed by atoms with E-state index in [1.54, 1.807) is 6.20 Å². The number of benzene rings is 1. The number of rotatable bonds is 4. The van der Waals surface area contributed by atoms with E-state index in [1.165, 1.54) is 0 Å². The zero-order valence-corrected chi connectivity index (χ0v) is 11.8. The maximum absolute atomic E-state index is 12.1. The van der Waals surface area contributed by atoms with E-state index in [9.17, 15) is 4.79 Å². The van der Waals surface area contributed by atoms with Crippen LogP contribution in [-0.2, 0) is 0 Å². The van der Waals surface area contributed by atoms with Gasteiger partial charge in [0.15, 0.2) is 0 Å².